The molecule has 0 bridgehead atoms. The summed E-state index contributed by atoms with van der Waals surface area (Å²) < 4.78 is 52.5. The molecular weight excluding hydrogens is 462 g/mol. The van der Waals surface area contributed by atoms with Crippen LogP contribution in [0.3, 0.4) is 0 Å². The van der Waals surface area contributed by atoms with E-state index in [4.69, 9.17) is 0 Å². The average molecular weight is 487 g/mol. The molecule has 0 radical (unpaired) electrons. The molecule has 0 aromatic heterocycles. The summed E-state index contributed by atoms with van der Waals surface area (Å²) in [7, 11) is -3.56. The summed E-state index contributed by atoms with van der Waals surface area (Å²) in [4.78, 5) is 16.9. The number of carbonyl (C=O) groups is 1. The van der Waals surface area contributed by atoms with Crippen LogP contribution in [0.4, 0.5) is 14.5 Å². The van der Waals surface area contributed by atoms with Crippen molar-refractivity contribution in [1.82, 2.24) is 4.90 Å². The first-order valence-electron chi connectivity index (χ1n) is 10.7. The van der Waals surface area contributed by atoms with Gasteiger partial charge >= 0.3 is 0 Å². The first-order chi connectivity index (χ1) is 16.2. The largest absolute Gasteiger partial charge is 0.392 e. The van der Waals surface area contributed by atoms with Gasteiger partial charge in [-0.25, -0.2) is 17.2 Å². The summed E-state index contributed by atoms with van der Waals surface area (Å²) in [5.74, 6) is -1.29. The second-order valence-electron chi connectivity index (χ2n) is 8.21. The highest BCUT2D eigenvalue weighted by Crippen LogP contribution is 2.29. The normalized spacial score (nSPS) is 14.4. The molecule has 0 saturated carbocycles. The number of nitrogens with zero attached hydrogens (tertiary/aromatic N) is 2. The first kappa shape index (κ1) is 23.8. The molecule has 4 rings (SSSR count). The number of rotatable bonds is 5. The molecule has 1 N–H and O–H groups in total. The highest BCUT2D eigenvalue weighted by molar-refractivity contribution is 7.90. The monoisotopic (exact) mass is 486 g/mol. The third-order valence-corrected chi connectivity index (χ3v) is 7.00. The zero-order valence-corrected chi connectivity index (χ0v) is 19.4. The van der Waals surface area contributed by atoms with E-state index in [1.54, 1.807) is 23.1 Å². The van der Waals surface area contributed by atoms with Crippen molar-refractivity contribution in [2.24, 2.45) is 0 Å². The minimum absolute atomic E-state index is 0.000633. The molecule has 1 aliphatic rings. The average Bonchev–Trinajstić information content (AvgIpc) is 2.82. The highest BCUT2D eigenvalue weighted by atomic mass is 32.2. The Labute approximate surface area is 197 Å². The summed E-state index contributed by atoms with van der Waals surface area (Å²) >= 11 is 0. The Balaban J connectivity index is 1.61. The predicted molar refractivity (Wildman–Crippen MR) is 125 cm³/mol. The van der Waals surface area contributed by atoms with Gasteiger partial charge in [0.1, 0.15) is 11.6 Å². The van der Waals surface area contributed by atoms with Gasteiger partial charge < -0.3 is 14.9 Å². The number of benzene rings is 3. The van der Waals surface area contributed by atoms with Crippen LogP contribution in [0.5, 0.6) is 0 Å². The van der Waals surface area contributed by atoms with Gasteiger partial charge in [0.25, 0.3) is 5.91 Å². The molecule has 1 fully saturated rings. The van der Waals surface area contributed by atoms with E-state index in [2.05, 4.69) is 0 Å². The van der Waals surface area contributed by atoms with E-state index in [0.29, 0.717) is 48.6 Å². The zero-order chi connectivity index (χ0) is 24.5. The lowest BCUT2D eigenvalue weighted by Gasteiger charge is -2.36. The van der Waals surface area contributed by atoms with Crippen molar-refractivity contribution in [1.29, 1.82) is 0 Å². The van der Waals surface area contributed by atoms with Gasteiger partial charge in [-0.3, -0.25) is 4.79 Å². The zero-order valence-electron chi connectivity index (χ0n) is 18.5. The number of piperazine rings is 1. The van der Waals surface area contributed by atoms with Gasteiger partial charge in [-0.15, -0.1) is 0 Å². The van der Waals surface area contributed by atoms with Gasteiger partial charge in [-0.1, -0.05) is 24.3 Å². The Bertz CT molecular complexity index is 1340. The number of hydrogen-bond donors (Lipinski definition) is 1. The standard InChI is InChI=1S/C25H24F2N2O4S/c1-34(32,33)20-6-7-21(18-3-2-4-19(26)14-18)22(15-20)25(31)29-11-9-28(10-12-29)24-8-5-17(16-30)13-23(24)27/h2-8,13-15,30H,9-12,16H2,1H3. The van der Waals surface area contributed by atoms with Crippen LogP contribution in [-0.4, -0.2) is 56.8 Å². The van der Waals surface area contributed by atoms with Crippen LogP contribution in [0, 0.1) is 11.6 Å². The fourth-order valence-electron chi connectivity index (χ4n) is 4.06. The SMILES string of the molecule is CS(=O)(=O)c1ccc(-c2cccc(F)c2)c(C(=O)N2CCN(c3ccc(CO)cc3F)CC2)c1. The first-order valence-corrected chi connectivity index (χ1v) is 12.6. The summed E-state index contributed by atoms with van der Waals surface area (Å²) in [6.07, 6.45) is 1.06. The molecule has 9 heteroatoms. The van der Waals surface area contributed by atoms with Crippen LogP contribution in [-0.2, 0) is 16.4 Å². The smallest absolute Gasteiger partial charge is 0.254 e. The van der Waals surface area contributed by atoms with E-state index in [9.17, 15) is 27.1 Å². The molecule has 1 heterocycles. The minimum atomic E-state index is -3.56. The van der Waals surface area contributed by atoms with Gasteiger partial charge in [0, 0.05) is 38.0 Å². The quantitative estimate of drug-likeness (QED) is 0.598. The minimum Gasteiger partial charge on any atom is -0.392 e. The van der Waals surface area contributed by atoms with Crippen molar-refractivity contribution < 1.29 is 27.1 Å². The molecular formula is C25H24F2N2O4S. The summed E-state index contributed by atoms with van der Waals surface area (Å²) in [6, 6.07) is 14.6. The van der Waals surface area contributed by atoms with Gasteiger partial charge in [0.2, 0.25) is 0 Å². The summed E-state index contributed by atoms with van der Waals surface area (Å²) in [5.41, 5.74) is 1.94. The molecule has 0 atom stereocenters. The number of aliphatic hydroxyl groups excluding tert-OH is 1. The number of aliphatic hydroxyl groups is 1. The topological polar surface area (TPSA) is 77.9 Å². The molecule has 0 unspecified atom stereocenters. The van der Waals surface area contributed by atoms with Crippen LogP contribution >= 0.6 is 0 Å². The fourth-order valence-corrected chi connectivity index (χ4v) is 4.71. The second kappa shape index (κ2) is 9.52. The Morgan fingerprint density at radius 3 is 2.32 bits per heavy atom. The Kier molecular flexibility index (Phi) is 6.67. The number of halogens is 2. The van der Waals surface area contributed by atoms with E-state index in [1.165, 1.54) is 42.5 Å². The fraction of sp³-hybridized carbons (Fsp3) is 0.240. The maximum absolute atomic E-state index is 14.5. The van der Waals surface area contributed by atoms with Gasteiger partial charge in [-0.2, -0.15) is 0 Å². The van der Waals surface area contributed by atoms with E-state index < -0.39 is 21.5 Å². The van der Waals surface area contributed by atoms with Gasteiger partial charge in [0.05, 0.1) is 17.2 Å². The van der Waals surface area contributed by atoms with Crippen molar-refractivity contribution in [3.05, 3.63) is 83.4 Å². The van der Waals surface area contributed by atoms with Crippen molar-refractivity contribution >= 4 is 21.4 Å². The van der Waals surface area contributed by atoms with E-state index in [-0.39, 0.29) is 23.0 Å². The van der Waals surface area contributed by atoms with Crippen LogP contribution in [0.1, 0.15) is 15.9 Å². The van der Waals surface area contributed by atoms with Crippen molar-refractivity contribution in [3.63, 3.8) is 0 Å². The number of amides is 1. The number of carbonyl (C=O) groups excluding carboxylic acids is 1. The third kappa shape index (κ3) is 4.95. The maximum atomic E-state index is 14.5. The molecule has 3 aromatic carbocycles. The Hall–Kier alpha value is -3.30. The van der Waals surface area contributed by atoms with Gasteiger partial charge in [0.15, 0.2) is 9.84 Å². The van der Waals surface area contributed by atoms with Crippen molar-refractivity contribution in [2.45, 2.75) is 11.5 Å². The lowest BCUT2D eigenvalue weighted by atomic mass is 9.98. The number of sulfone groups is 1. The molecule has 34 heavy (non-hydrogen) atoms. The van der Waals surface area contributed by atoms with E-state index >= 15 is 0 Å². The Morgan fingerprint density at radius 2 is 1.71 bits per heavy atom. The van der Waals surface area contributed by atoms with E-state index in [0.717, 1.165) is 6.26 Å². The van der Waals surface area contributed by atoms with Crippen molar-refractivity contribution in [2.75, 3.05) is 37.3 Å². The lowest BCUT2D eigenvalue weighted by Crippen LogP contribution is -2.49. The molecule has 3 aromatic rings. The van der Waals surface area contributed by atoms with Crippen LogP contribution < -0.4 is 4.90 Å². The Morgan fingerprint density at radius 1 is 0.971 bits per heavy atom. The highest BCUT2D eigenvalue weighted by Gasteiger charge is 2.26. The molecule has 1 amide bonds. The molecule has 1 aliphatic heterocycles. The lowest BCUT2D eigenvalue weighted by molar-refractivity contribution is 0.0747. The van der Waals surface area contributed by atoms with Crippen LogP contribution in [0.2, 0.25) is 0 Å². The molecule has 0 aliphatic carbocycles. The van der Waals surface area contributed by atoms with Crippen LogP contribution in [0.25, 0.3) is 11.1 Å². The molecule has 1 saturated heterocycles. The summed E-state index contributed by atoms with van der Waals surface area (Å²) in [6.45, 7) is 1.10. The number of hydrogen-bond acceptors (Lipinski definition) is 5. The van der Waals surface area contributed by atoms with Crippen LogP contribution in [0.15, 0.2) is 65.6 Å². The predicted octanol–water partition coefficient (Wildman–Crippen LogP) is 3.49. The molecule has 0 spiro atoms. The maximum Gasteiger partial charge on any atom is 0.254 e. The number of anilines is 1. The second-order valence-corrected chi connectivity index (χ2v) is 10.2. The van der Waals surface area contributed by atoms with Crippen molar-refractivity contribution in [3.8, 4) is 11.1 Å². The third-order valence-electron chi connectivity index (χ3n) is 5.89. The van der Waals surface area contributed by atoms with E-state index in [1.807, 2.05) is 4.90 Å². The molecule has 178 valence electrons. The summed E-state index contributed by atoms with van der Waals surface area (Å²) in [5, 5.41) is 9.17. The molecule has 6 nitrogen and oxygen atoms in total. The van der Waals surface area contributed by atoms with Gasteiger partial charge in [-0.05, 0) is 53.1 Å².